The van der Waals surface area contributed by atoms with Crippen molar-refractivity contribution in [1.82, 2.24) is 15.1 Å². The molecule has 0 aromatic heterocycles. The maximum atomic E-state index is 13.5. The fourth-order valence-corrected chi connectivity index (χ4v) is 3.25. The van der Waals surface area contributed by atoms with E-state index in [-0.39, 0.29) is 11.1 Å². The number of nitrogens with one attached hydrogen (secondary N) is 1. The quantitative estimate of drug-likeness (QED) is 0.835. The molecule has 1 aromatic rings. The van der Waals surface area contributed by atoms with Gasteiger partial charge in [-0.25, -0.2) is 4.39 Å². The molecule has 118 valence electrons. The number of benzene rings is 1. The molecule has 6 heteroatoms. The smallest absolute Gasteiger partial charge is 0.142 e. The lowest BCUT2D eigenvalue weighted by molar-refractivity contribution is 0.154. The Labute approximate surface area is 136 Å². The lowest BCUT2D eigenvalue weighted by atomic mass is 10.1. The normalized spacial score (nSPS) is 18.9. The minimum absolute atomic E-state index is 0.0758. The van der Waals surface area contributed by atoms with Gasteiger partial charge in [-0.1, -0.05) is 23.2 Å². The molecule has 0 spiro atoms. The van der Waals surface area contributed by atoms with Gasteiger partial charge >= 0.3 is 0 Å². The van der Waals surface area contributed by atoms with E-state index < -0.39 is 5.82 Å². The lowest BCUT2D eigenvalue weighted by Crippen LogP contribution is -2.46. The van der Waals surface area contributed by atoms with E-state index in [9.17, 15) is 4.39 Å². The number of rotatable bonds is 5. The van der Waals surface area contributed by atoms with E-state index in [4.69, 9.17) is 23.2 Å². The van der Waals surface area contributed by atoms with Gasteiger partial charge in [0.15, 0.2) is 0 Å². The van der Waals surface area contributed by atoms with Crippen molar-refractivity contribution in [2.24, 2.45) is 0 Å². The number of hydrogen-bond donors (Lipinski definition) is 1. The third-order valence-corrected chi connectivity index (χ3v) is 4.70. The van der Waals surface area contributed by atoms with Crippen LogP contribution in [0.2, 0.25) is 10.0 Å². The van der Waals surface area contributed by atoms with Gasteiger partial charge < -0.3 is 10.2 Å². The van der Waals surface area contributed by atoms with Gasteiger partial charge in [0, 0.05) is 55.9 Å². The minimum Gasteiger partial charge on any atom is -0.309 e. The van der Waals surface area contributed by atoms with Gasteiger partial charge in [-0.3, -0.25) is 4.90 Å². The molecule has 1 fully saturated rings. The maximum Gasteiger partial charge on any atom is 0.142 e. The molecule has 1 heterocycles. The Kier molecular flexibility index (Phi) is 6.26. The molecule has 1 aliphatic rings. The number of hydrogen-bond acceptors (Lipinski definition) is 3. The summed E-state index contributed by atoms with van der Waals surface area (Å²) in [4.78, 5) is 4.76. The Morgan fingerprint density at radius 3 is 2.57 bits per heavy atom. The number of piperazine rings is 1. The van der Waals surface area contributed by atoms with Crippen LogP contribution in [0.4, 0.5) is 4.39 Å². The zero-order valence-corrected chi connectivity index (χ0v) is 14.0. The van der Waals surface area contributed by atoms with E-state index in [2.05, 4.69) is 22.2 Å². The predicted molar refractivity (Wildman–Crippen MR) is 86.8 cm³/mol. The van der Waals surface area contributed by atoms with Crippen LogP contribution in [0.15, 0.2) is 12.1 Å². The summed E-state index contributed by atoms with van der Waals surface area (Å²) < 4.78 is 13.5. The van der Waals surface area contributed by atoms with Crippen LogP contribution in [0.3, 0.4) is 0 Å². The van der Waals surface area contributed by atoms with Gasteiger partial charge in [0.25, 0.3) is 0 Å². The number of nitrogens with zero attached hydrogens (tertiary/aromatic N) is 2. The Balaban J connectivity index is 1.85. The average molecular weight is 334 g/mol. The van der Waals surface area contributed by atoms with E-state index >= 15 is 0 Å². The van der Waals surface area contributed by atoms with Crippen LogP contribution in [0.5, 0.6) is 0 Å². The molecule has 0 radical (unpaired) electrons. The minimum atomic E-state index is -0.427. The lowest BCUT2D eigenvalue weighted by Gasteiger charge is -2.32. The SMILES string of the molecule is CC(NCCN1CCN(C)CC1)c1c(Cl)ccc(F)c1Cl. The molecule has 1 N–H and O–H groups in total. The van der Waals surface area contributed by atoms with Crippen molar-refractivity contribution in [2.45, 2.75) is 13.0 Å². The third-order valence-electron chi connectivity index (χ3n) is 3.99. The first-order chi connectivity index (χ1) is 9.99. The van der Waals surface area contributed by atoms with Crippen LogP contribution in [0, 0.1) is 5.82 Å². The first-order valence-corrected chi connectivity index (χ1v) is 8.02. The standard InChI is InChI=1S/C15H22Cl2FN3/c1-11(14-12(16)3-4-13(18)15(14)17)19-5-6-21-9-7-20(2)8-10-21/h3-4,11,19H,5-10H2,1-2H3. The van der Waals surface area contributed by atoms with Crippen molar-refractivity contribution in [1.29, 1.82) is 0 Å². The second-order valence-electron chi connectivity index (χ2n) is 5.58. The average Bonchev–Trinajstić information content (AvgIpc) is 2.45. The molecular formula is C15H22Cl2FN3. The highest BCUT2D eigenvalue weighted by atomic mass is 35.5. The van der Waals surface area contributed by atoms with Crippen molar-refractivity contribution >= 4 is 23.2 Å². The summed E-state index contributed by atoms with van der Waals surface area (Å²) in [5.74, 6) is -0.427. The summed E-state index contributed by atoms with van der Waals surface area (Å²) in [5, 5.41) is 3.99. The largest absolute Gasteiger partial charge is 0.309 e. The fraction of sp³-hybridized carbons (Fsp3) is 0.600. The Morgan fingerprint density at radius 2 is 1.90 bits per heavy atom. The molecule has 1 unspecified atom stereocenters. The maximum absolute atomic E-state index is 13.5. The van der Waals surface area contributed by atoms with Crippen molar-refractivity contribution in [3.8, 4) is 0 Å². The Morgan fingerprint density at radius 1 is 1.24 bits per heavy atom. The highest BCUT2D eigenvalue weighted by Gasteiger charge is 2.17. The summed E-state index contributed by atoms with van der Waals surface area (Å²) >= 11 is 12.2. The summed E-state index contributed by atoms with van der Waals surface area (Å²) in [5.41, 5.74) is 0.636. The van der Waals surface area contributed by atoms with Crippen LogP contribution in [0.25, 0.3) is 0 Å². The first-order valence-electron chi connectivity index (χ1n) is 7.26. The molecule has 3 nitrogen and oxygen atoms in total. The van der Waals surface area contributed by atoms with Crippen molar-refractivity contribution in [3.63, 3.8) is 0 Å². The summed E-state index contributed by atoms with van der Waals surface area (Å²) in [6, 6.07) is 2.77. The number of likely N-dealkylation sites (N-methyl/N-ethyl adjacent to an activating group) is 1. The fourth-order valence-electron chi connectivity index (χ4n) is 2.55. The molecule has 0 amide bonds. The molecule has 1 aromatic carbocycles. The third kappa shape index (κ3) is 4.54. The summed E-state index contributed by atoms with van der Waals surface area (Å²) in [6.45, 7) is 8.16. The molecule has 21 heavy (non-hydrogen) atoms. The summed E-state index contributed by atoms with van der Waals surface area (Å²) in [7, 11) is 2.14. The van der Waals surface area contributed by atoms with Crippen molar-refractivity contribution in [2.75, 3.05) is 46.3 Å². The number of halogens is 3. The second kappa shape index (κ2) is 7.75. The monoisotopic (exact) mass is 333 g/mol. The van der Waals surface area contributed by atoms with Crippen LogP contribution >= 0.6 is 23.2 Å². The van der Waals surface area contributed by atoms with Gasteiger partial charge in [0.1, 0.15) is 5.82 Å². The Bertz CT molecular complexity index is 476. The van der Waals surface area contributed by atoms with Crippen LogP contribution < -0.4 is 5.32 Å². The molecule has 1 saturated heterocycles. The van der Waals surface area contributed by atoms with E-state index in [1.165, 1.54) is 6.07 Å². The van der Waals surface area contributed by atoms with Crippen LogP contribution in [0.1, 0.15) is 18.5 Å². The molecule has 1 aliphatic heterocycles. The highest BCUT2D eigenvalue weighted by Crippen LogP contribution is 2.32. The molecule has 0 bridgehead atoms. The predicted octanol–water partition coefficient (Wildman–Crippen LogP) is 3.03. The van der Waals surface area contributed by atoms with E-state index in [0.29, 0.717) is 10.6 Å². The molecule has 2 rings (SSSR count). The van der Waals surface area contributed by atoms with Gasteiger partial charge in [0.05, 0.1) is 5.02 Å². The summed E-state index contributed by atoms with van der Waals surface area (Å²) in [6.07, 6.45) is 0. The van der Waals surface area contributed by atoms with Crippen LogP contribution in [-0.4, -0.2) is 56.1 Å². The molecule has 0 saturated carbocycles. The van der Waals surface area contributed by atoms with Gasteiger partial charge in [-0.05, 0) is 26.1 Å². The van der Waals surface area contributed by atoms with Crippen LogP contribution in [-0.2, 0) is 0 Å². The van der Waals surface area contributed by atoms with E-state index in [1.54, 1.807) is 6.07 Å². The highest BCUT2D eigenvalue weighted by molar-refractivity contribution is 6.36. The molecule has 1 atom stereocenters. The van der Waals surface area contributed by atoms with Crippen molar-refractivity contribution in [3.05, 3.63) is 33.6 Å². The van der Waals surface area contributed by atoms with Gasteiger partial charge in [-0.2, -0.15) is 0 Å². The molecular weight excluding hydrogens is 312 g/mol. The zero-order chi connectivity index (χ0) is 15.4. The second-order valence-corrected chi connectivity index (χ2v) is 6.36. The Hall–Kier alpha value is -0.390. The topological polar surface area (TPSA) is 18.5 Å². The van der Waals surface area contributed by atoms with Gasteiger partial charge in [-0.15, -0.1) is 0 Å². The first kappa shape index (κ1) is 17.0. The van der Waals surface area contributed by atoms with E-state index in [0.717, 1.165) is 39.3 Å². The van der Waals surface area contributed by atoms with E-state index in [1.807, 2.05) is 6.92 Å². The molecule has 0 aliphatic carbocycles. The van der Waals surface area contributed by atoms with Gasteiger partial charge in [0.2, 0.25) is 0 Å². The van der Waals surface area contributed by atoms with Crippen molar-refractivity contribution < 1.29 is 4.39 Å². The zero-order valence-electron chi connectivity index (χ0n) is 12.5.